The Morgan fingerprint density at radius 2 is 1.80 bits per heavy atom. The summed E-state index contributed by atoms with van der Waals surface area (Å²) in [6, 6.07) is 9.19. The highest BCUT2D eigenvalue weighted by Gasteiger charge is 2.06. The third-order valence-corrected chi connectivity index (χ3v) is 3.93. The van der Waals surface area contributed by atoms with Crippen molar-refractivity contribution in [2.75, 3.05) is 26.2 Å². The monoisotopic (exact) mass is 276 g/mol. The summed E-state index contributed by atoms with van der Waals surface area (Å²) in [6.07, 6.45) is 2.57. The molecule has 114 valence electrons. The third kappa shape index (κ3) is 6.06. The Bertz CT molecular complexity index is 345. The van der Waals surface area contributed by atoms with Gasteiger partial charge in [-0.05, 0) is 43.1 Å². The average Bonchev–Trinajstić information content (AvgIpc) is 2.49. The standard InChI is InChI=1S/C18H32N2/c1-5-8-13-20(7-3)15-17-9-11-18(12-10-17)16(4)14-19-6-2/h9-12,16,19H,5-8,13-15H2,1-4H3. The summed E-state index contributed by atoms with van der Waals surface area (Å²) in [5.41, 5.74) is 2.87. The van der Waals surface area contributed by atoms with Crippen molar-refractivity contribution in [2.24, 2.45) is 0 Å². The van der Waals surface area contributed by atoms with E-state index in [9.17, 15) is 0 Å². The fraction of sp³-hybridized carbons (Fsp3) is 0.667. The van der Waals surface area contributed by atoms with Crippen LogP contribution >= 0.6 is 0 Å². The highest BCUT2D eigenvalue weighted by molar-refractivity contribution is 5.25. The van der Waals surface area contributed by atoms with Crippen molar-refractivity contribution in [1.82, 2.24) is 10.2 Å². The Balaban J connectivity index is 2.52. The van der Waals surface area contributed by atoms with Gasteiger partial charge < -0.3 is 5.32 Å². The van der Waals surface area contributed by atoms with Gasteiger partial charge in [-0.15, -0.1) is 0 Å². The first-order valence-corrected chi connectivity index (χ1v) is 8.23. The van der Waals surface area contributed by atoms with Crippen molar-refractivity contribution in [1.29, 1.82) is 0 Å². The average molecular weight is 276 g/mol. The Hall–Kier alpha value is -0.860. The number of nitrogens with one attached hydrogen (secondary N) is 1. The molecule has 1 aromatic rings. The van der Waals surface area contributed by atoms with Crippen molar-refractivity contribution in [2.45, 2.75) is 53.0 Å². The Morgan fingerprint density at radius 1 is 1.10 bits per heavy atom. The number of hydrogen-bond donors (Lipinski definition) is 1. The fourth-order valence-electron chi connectivity index (χ4n) is 2.42. The lowest BCUT2D eigenvalue weighted by molar-refractivity contribution is 0.275. The van der Waals surface area contributed by atoms with Gasteiger partial charge in [-0.1, -0.05) is 58.4 Å². The van der Waals surface area contributed by atoms with E-state index >= 15 is 0 Å². The molecular weight excluding hydrogens is 244 g/mol. The maximum atomic E-state index is 3.42. The molecule has 0 fully saturated rings. The predicted molar refractivity (Wildman–Crippen MR) is 89.3 cm³/mol. The van der Waals surface area contributed by atoms with Crippen LogP contribution < -0.4 is 5.32 Å². The number of benzene rings is 1. The van der Waals surface area contributed by atoms with Crippen LogP contribution in [0.4, 0.5) is 0 Å². The van der Waals surface area contributed by atoms with E-state index < -0.39 is 0 Å². The molecule has 1 rings (SSSR count). The van der Waals surface area contributed by atoms with Crippen LogP contribution in [0.1, 0.15) is 57.6 Å². The van der Waals surface area contributed by atoms with Gasteiger partial charge in [0.05, 0.1) is 0 Å². The molecule has 0 aromatic heterocycles. The van der Waals surface area contributed by atoms with E-state index in [0.717, 1.165) is 26.2 Å². The molecule has 0 bridgehead atoms. The maximum Gasteiger partial charge on any atom is 0.0233 e. The quantitative estimate of drug-likeness (QED) is 0.694. The van der Waals surface area contributed by atoms with Crippen molar-refractivity contribution < 1.29 is 0 Å². The van der Waals surface area contributed by atoms with Gasteiger partial charge in [0.1, 0.15) is 0 Å². The van der Waals surface area contributed by atoms with Gasteiger partial charge in [-0.3, -0.25) is 4.90 Å². The first kappa shape index (κ1) is 17.2. The smallest absolute Gasteiger partial charge is 0.0233 e. The summed E-state index contributed by atoms with van der Waals surface area (Å²) >= 11 is 0. The summed E-state index contributed by atoms with van der Waals surface area (Å²) in [7, 11) is 0. The van der Waals surface area contributed by atoms with Gasteiger partial charge in [0, 0.05) is 13.1 Å². The second kappa shape index (κ2) is 9.95. The molecule has 0 aliphatic rings. The SMILES string of the molecule is CCCCN(CC)Cc1ccc(C(C)CNCC)cc1. The van der Waals surface area contributed by atoms with Gasteiger partial charge in [-0.25, -0.2) is 0 Å². The van der Waals surface area contributed by atoms with Crippen LogP contribution in [0, 0.1) is 0 Å². The summed E-state index contributed by atoms with van der Waals surface area (Å²) in [6.45, 7) is 14.5. The Labute approximate surface area is 125 Å². The zero-order valence-corrected chi connectivity index (χ0v) is 13.8. The topological polar surface area (TPSA) is 15.3 Å². The second-order valence-electron chi connectivity index (χ2n) is 5.67. The summed E-state index contributed by atoms with van der Waals surface area (Å²) in [4.78, 5) is 2.53. The summed E-state index contributed by atoms with van der Waals surface area (Å²) in [5, 5.41) is 3.42. The van der Waals surface area contributed by atoms with Crippen LogP contribution in [-0.2, 0) is 6.54 Å². The molecule has 0 radical (unpaired) electrons. The maximum absolute atomic E-state index is 3.42. The van der Waals surface area contributed by atoms with Gasteiger partial charge in [0.15, 0.2) is 0 Å². The van der Waals surface area contributed by atoms with E-state index in [-0.39, 0.29) is 0 Å². The van der Waals surface area contributed by atoms with E-state index in [4.69, 9.17) is 0 Å². The molecule has 1 unspecified atom stereocenters. The molecule has 0 aliphatic heterocycles. The van der Waals surface area contributed by atoms with E-state index in [0.29, 0.717) is 5.92 Å². The van der Waals surface area contributed by atoms with Gasteiger partial charge in [0.2, 0.25) is 0 Å². The van der Waals surface area contributed by atoms with Crippen LogP contribution in [0.3, 0.4) is 0 Å². The van der Waals surface area contributed by atoms with Gasteiger partial charge in [0.25, 0.3) is 0 Å². The van der Waals surface area contributed by atoms with Crippen LogP contribution in [0.25, 0.3) is 0 Å². The number of rotatable bonds is 10. The van der Waals surface area contributed by atoms with Gasteiger partial charge >= 0.3 is 0 Å². The van der Waals surface area contributed by atoms with E-state index in [1.807, 2.05) is 0 Å². The molecule has 0 saturated heterocycles. The molecule has 1 aromatic carbocycles. The number of unbranched alkanes of at least 4 members (excludes halogenated alkanes) is 1. The molecule has 20 heavy (non-hydrogen) atoms. The molecular formula is C18H32N2. The van der Waals surface area contributed by atoms with E-state index in [1.165, 1.54) is 30.5 Å². The lowest BCUT2D eigenvalue weighted by Gasteiger charge is -2.20. The van der Waals surface area contributed by atoms with Crippen molar-refractivity contribution in [3.63, 3.8) is 0 Å². The predicted octanol–water partition coefficient (Wildman–Crippen LogP) is 4.02. The zero-order valence-electron chi connectivity index (χ0n) is 13.8. The van der Waals surface area contributed by atoms with Crippen LogP contribution in [0.2, 0.25) is 0 Å². The third-order valence-electron chi connectivity index (χ3n) is 3.93. The van der Waals surface area contributed by atoms with Crippen LogP contribution in [-0.4, -0.2) is 31.1 Å². The highest BCUT2D eigenvalue weighted by Crippen LogP contribution is 2.16. The molecule has 1 atom stereocenters. The largest absolute Gasteiger partial charge is 0.316 e. The normalized spacial score (nSPS) is 12.8. The minimum absolute atomic E-state index is 0.589. The number of likely N-dealkylation sites (N-methyl/N-ethyl adjacent to an activating group) is 1. The minimum atomic E-state index is 0.589. The van der Waals surface area contributed by atoms with Crippen molar-refractivity contribution in [3.8, 4) is 0 Å². The molecule has 0 saturated carbocycles. The fourth-order valence-corrected chi connectivity index (χ4v) is 2.42. The summed E-state index contributed by atoms with van der Waals surface area (Å²) < 4.78 is 0. The minimum Gasteiger partial charge on any atom is -0.316 e. The molecule has 0 heterocycles. The van der Waals surface area contributed by atoms with Gasteiger partial charge in [-0.2, -0.15) is 0 Å². The van der Waals surface area contributed by atoms with Crippen LogP contribution in [0.5, 0.6) is 0 Å². The lowest BCUT2D eigenvalue weighted by Crippen LogP contribution is -2.24. The molecule has 2 heteroatoms. The highest BCUT2D eigenvalue weighted by atomic mass is 15.1. The molecule has 0 spiro atoms. The Kier molecular flexibility index (Phi) is 8.56. The van der Waals surface area contributed by atoms with E-state index in [1.54, 1.807) is 0 Å². The van der Waals surface area contributed by atoms with Crippen molar-refractivity contribution >= 4 is 0 Å². The number of nitrogens with zero attached hydrogens (tertiary/aromatic N) is 1. The summed E-state index contributed by atoms with van der Waals surface area (Å²) in [5.74, 6) is 0.589. The Morgan fingerprint density at radius 3 is 2.35 bits per heavy atom. The molecule has 1 N–H and O–H groups in total. The second-order valence-corrected chi connectivity index (χ2v) is 5.67. The first-order chi connectivity index (χ1) is 9.71. The van der Waals surface area contributed by atoms with Crippen LogP contribution in [0.15, 0.2) is 24.3 Å². The molecule has 2 nitrogen and oxygen atoms in total. The van der Waals surface area contributed by atoms with Crippen molar-refractivity contribution in [3.05, 3.63) is 35.4 Å². The molecule has 0 amide bonds. The zero-order chi connectivity index (χ0) is 14.8. The van der Waals surface area contributed by atoms with E-state index in [2.05, 4.69) is 62.2 Å². The molecule has 0 aliphatic carbocycles. The lowest BCUT2D eigenvalue weighted by atomic mass is 9.99. The number of hydrogen-bond acceptors (Lipinski definition) is 2. The first-order valence-electron chi connectivity index (χ1n) is 8.23.